The third kappa shape index (κ3) is 2.42. The number of carbonyl (C=O) groups is 1. The normalized spacial score (nSPS) is 10.3. The first-order valence-electron chi connectivity index (χ1n) is 5.55. The summed E-state index contributed by atoms with van der Waals surface area (Å²) in [7, 11) is 1.63. The number of nitro groups is 1. The van der Waals surface area contributed by atoms with Gasteiger partial charge in [-0.3, -0.25) is 14.9 Å². The quantitative estimate of drug-likeness (QED) is 0.485. The van der Waals surface area contributed by atoms with E-state index in [1.165, 1.54) is 16.8 Å². The number of aldehydes is 1. The van der Waals surface area contributed by atoms with Crippen LogP contribution >= 0.6 is 15.9 Å². The Kier molecular flexibility index (Phi) is 3.84. The topological polar surface area (TPSA) is 87.3 Å². The van der Waals surface area contributed by atoms with E-state index < -0.39 is 4.92 Å². The second-order valence-electron chi connectivity index (χ2n) is 3.99. The van der Waals surface area contributed by atoms with Gasteiger partial charge in [0.05, 0.1) is 16.2 Å². The Bertz CT molecular complexity index is 696. The number of hydrogen-bond donors (Lipinski definition) is 0. The molecule has 1 aromatic carbocycles. The molecule has 2 rings (SSSR count). The number of halogens is 1. The van der Waals surface area contributed by atoms with Crippen LogP contribution in [0.4, 0.5) is 5.69 Å². The van der Waals surface area contributed by atoms with Crippen molar-refractivity contribution in [2.24, 2.45) is 7.05 Å². The Labute approximate surface area is 122 Å². The fraction of sp³-hybridized carbons (Fsp3) is 0.167. The van der Waals surface area contributed by atoms with Crippen molar-refractivity contribution < 1.29 is 14.5 Å². The molecule has 0 aliphatic rings. The highest BCUT2D eigenvalue weighted by atomic mass is 79.9. The van der Waals surface area contributed by atoms with E-state index in [0.717, 1.165) is 0 Å². The minimum atomic E-state index is -0.522. The van der Waals surface area contributed by atoms with Gasteiger partial charge in [0.2, 0.25) is 5.88 Å². The van der Waals surface area contributed by atoms with Crippen molar-refractivity contribution in [3.63, 3.8) is 0 Å². The highest BCUT2D eigenvalue weighted by molar-refractivity contribution is 9.10. The summed E-state index contributed by atoms with van der Waals surface area (Å²) in [6.45, 7) is 1.68. The number of carbonyl (C=O) groups excluding carboxylic acids is 1. The number of hydrogen-bond acceptors (Lipinski definition) is 5. The maximum atomic E-state index is 11.1. The molecule has 1 aromatic heterocycles. The van der Waals surface area contributed by atoms with E-state index in [9.17, 15) is 14.9 Å². The zero-order valence-electron chi connectivity index (χ0n) is 10.7. The maximum Gasteiger partial charge on any atom is 0.287 e. The van der Waals surface area contributed by atoms with Crippen LogP contribution in [-0.2, 0) is 7.05 Å². The Morgan fingerprint density at radius 1 is 1.50 bits per heavy atom. The lowest BCUT2D eigenvalue weighted by Gasteiger charge is -2.08. The second-order valence-corrected chi connectivity index (χ2v) is 4.79. The molecule has 8 heteroatoms. The summed E-state index contributed by atoms with van der Waals surface area (Å²) >= 11 is 3.13. The van der Waals surface area contributed by atoms with Gasteiger partial charge in [0.15, 0.2) is 12.0 Å². The van der Waals surface area contributed by atoms with Crippen LogP contribution in [0.25, 0.3) is 0 Å². The summed E-state index contributed by atoms with van der Waals surface area (Å²) in [5.41, 5.74) is 0.721. The molecule has 0 N–H and O–H groups in total. The average Bonchev–Trinajstić information content (AvgIpc) is 2.65. The molecule has 0 atom stereocenters. The van der Waals surface area contributed by atoms with Crippen LogP contribution in [0.15, 0.2) is 22.7 Å². The van der Waals surface area contributed by atoms with E-state index in [1.807, 2.05) is 0 Å². The number of nitrogens with zero attached hydrogens (tertiary/aromatic N) is 3. The first-order valence-corrected chi connectivity index (χ1v) is 6.34. The standard InChI is InChI=1S/C12H10BrN3O4/c1-7-8(6-17)12(15(2)14-7)20-10-5-3-4-9(11(10)13)16(18)19/h3-6H,1-2H3. The van der Waals surface area contributed by atoms with E-state index in [4.69, 9.17) is 4.74 Å². The molecule has 0 fully saturated rings. The molecule has 0 amide bonds. The molecule has 1 heterocycles. The highest BCUT2D eigenvalue weighted by Crippen LogP contribution is 2.37. The molecule has 2 aromatic rings. The van der Waals surface area contributed by atoms with Crippen molar-refractivity contribution in [2.75, 3.05) is 0 Å². The van der Waals surface area contributed by atoms with Crippen LogP contribution in [0.1, 0.15) is 16.1 Å². The monoisotopic (exact) mass is 339 g/mol. The Morgan fingerprint density at radius 2 is 2.20 bits per heavy atom. The van der Waals surface area contributed by atoms with E-state index >= 15 is 0 Å². The number of aromatic nitrogens is 2. The van der Waals surface area contributed by atoms with Crippen molar-refractivity contribution in [3.05, 3.63) is 44.0 Å². The molecular weight excluding hydrogens is 330 g/mol. The number of aryl methyl sites for hydroxylation is 2. The molecule has 0 aliphatic carbocycles. The van der Waals surface area contributed by atoms with Gasteiger partial charge in [-0.15, -0.1) is 0 Å². The van der Waals surface area contributed by atoms with Gasteiger partial charge in [0, 0.05) is 13.1 Å². The van der Waals surface area contributed by atoms with E-state index in [2.05, 4.69) is 21.0 Å². The molecule has 0 unspecified atom stereocenters. The Hall–Kier alpha value is -2.22. The molecule has 20 heavy (non-hydrogen) atoms. The molecule has 0 spiro atoms. The predicted molar refractivity (Wildman–Crippen MR) is 74.2 cm³/mol. The minimum Gasteiger partial charge on any atom is -0.437 e. The number of benzene rings is 1. The second kappa shape index (κ2) is 5.41. The largest absolute Gasteiger partial charge is 0.437 e. The van der Waals surface area contributed by atoms with Crippen LogP contribution in [0.3, 0.4) is 0 Å². The van der Waals surface area contributed by atoms with Gasteiger partial charge in [0.1, 0.15) is 4.47 Å². The summed E-state index contributed by atoms with van der Waals surface area (Å²) in [6, 6.07) is 4.42. The summed E-state index contributed by atoms with van der Waals surface area (Å²) < 4.78 is 7.21. The fourth-order valence-electron chi connectivity index (χ4n) is 1.73. The van der Waals surface area contributed by atoms with Gasteiger partial charge in [-0.05, 0) is 28.9 Å². The van der Waals surface area contributed by atoms with Crippen molar-refractivity contribution >= 4 is 27.9 Å². The minimum absolute atomic E-state index is 0.117. The molecule has 0 aliphatic heterocycles. The third-order valence-electron chi connectivity index (χ3n) is 2.68. The summed E-state index contributed by atoms with van der Waals surface area (Å²) in [4.78, 5) is 21.4. The Morgan fingerprint density at radius 3 is 2.80 bits per heavy atom. The van der Waals surface area contributed by atoms with Crippen molar-refractivity contribution in [1.29, 1.82) is 0 Å². The Balaban J connectivity index is 2.48. The van der Waals surface area contributed by atoms with Crippen LogP contribution in [-0.4, -0.2) is 21.0 Å². The number of rotatable bonds is 4. The lowest BCUT2D eigenvalue weighted by atomic mass is 10.3. The first-order chi connectivity index (χ1) is 9.45. The van der Waals surface area contributed by atoms with Crippen LogP contribution in [0, 0.1) is 17.0 Å². The zero-order valence-corrected chi connectivity index (χ0v) is 12.2. The summed E-state index contributed by atoms with van der Waals surface area (Å²) in [5, 5.41) is 14.9. The molecule has 7 nitrogen and oxygen atoms in total. The SMILES string of the molecule is Cc1nn(C)c(Oc2cccc([N+](=O)[O-])c2Br)c1C=O. The number of nitro benzene ring substituents is 1. The lowest BCUT2D eigenvalue weighted by Crippen LogP contribution is -1.98. The molecule has 0 saturated heterocycles. The number of ether oxygens (including phenoxy) is 1. The highest BCUT2D eigenvalue weighted by Gasteiger charge is 2.20. The maximum absolute atomic E-state index is 11.1. The molecular formula is C12H10BrN3O4. The van der Waals surface area contributed by atoms with Crippen LogP contribution in [0.2, 0.25) is 0 Å². The predicted octanol–water partition coefficient (Wildman–Crippen LogP) is 3.00. The third-order valence-corrected chi connectivity index (χ3v) is 3.48. The van der Waals surface area contributed by atoms with E-state index in [0.29, 0.717) is 17.5 Å². The fourth-order valence-corrected chi connectivity index (χ4v) is 2.22. The van der Waals surface area contributed by atoms with Gasteiger partial charge in [0.25, 0.3) is 5.69 Å². The average molecular weight is 340 g/mol. The molecule has 0 saturated carbocycles. The van der Waals surface area contributed by atoms with Crippen molar-refractivity contribution in [2.45, 2.75) is 6.92 Å². The molecule has 0 radical (unpaired) electrons. The van der Waals surface area contributed by atoms with Crippen molar-refractivity contribution in [1.82, 2.24) is 9.78 Å². The van der Waals surface area contributed by atoms with Gasteiger partial charge in [-0.25, -0.2) is 4.68 Å². The van der Waals surface area contributed by atoms with Gasteiger partial charge >= 0.3 is 0 Å². The molecule has 104 valence electrons. The van der Waals surface area contributed by atoms with Crippen molar-refractivity contribution in [3.8, 4) is 11.6 Å². The zero-order chi connectivity index (χ0) is 14.9. The molecule has 0 bridgehead atoms. The van der Waals surface area contributed by atoms with Crippen LogP contribution < -0.4 is 4.74 Å². The van der Waals surface area contributed by atoms with E-state index in [1.54, 1.807) is 20.0 Å². The first kappa shape index (κ1) is 14.2. The van der Waals surface area contributed by atoms with Gasteiger partial charge in [-0.2, -0.15) is 5.10 Å². The lowest BCUT2D eigenvalue weighted by molar-refractivity contribution is -0.385. The summed E-state index contributed by atoms with van der Waals surface area (Å²) in [6.07, 6.45) is 0.642. The van der Waals surface area contributed by atoms with Crippen LogP contribution in [0.5, 0.6) is 11.6 Å². The van der Waals surface area contributed by atoms with Gasteiger partial charge in [-0.1, -0.05) is 6.07 Å². The smallest absolute Gasteiger partial charge is 0.287 e. The van der Waals surface area contributed by atoms with Gasteiger partial charge < -0.3 is 4.74 Å². The van der Waals surface area contributed by atoms with E-state index in [-0.39, 0.29) is 21.8 Å². The summed E-state index contributed by atoms with van der Waals surface area (Å²) in [5.74, 6) is 0.476.